The molecule has 0 radical (unpaired) electrons. The lowest BCUT2D eigenvalue weighted by atomic mass is 10.1. The minimum absolute atomic E-state index is 0.161. The number of methoxy groups -OCH3 is 1. The summed E-state index contributed by atoms with van der Waals surface area (Å²) in [5.74, 6) is 0.324. The number of aromatic nitrogens is 2. The van der Waals surface area contributed by atoms with E-state index in [1.54, 1.807) is 53.6 Å². The fourth-order valence-corrected chi connectivity index (χ4v) is 4.90. The third-order valence-electron chi connectivity index (χ3n) is 7.00. The summed E-state index contributed by atoms with van der Waals surface area (Å²) in [6.07, 6.45) is 2.91. The molecule has 0 saturated carbocycles. The van der Waals surface area contributed by atoms with Gasteiger partial charge in [-0.05, 0) is 56.7 Å². The fourth-order valence-electron chi connectivity index (χ4n) is 4.90. The van der Waals surface area contributed by atoms with E-state index < -0.39 is 11.5 Å². The Labute approximate surface area is 250 Å². The van der Waals surface area contributed by atoms with Gasteiger partial charge in [-0.1, -0.05) is 12.1 Å². The van der Waals surface area contributed by atoms with E-state index in [1.807, 2.05) is 39.0 Å². The van der Waals surface area contributed by atoms with E-state index in [4.69, 9.17) is 14.2 Å². The maximum Gasteiger partial charge on any atom is 0.410 e. The minimum Gasteiger partial charge on any atom is -0.491 e. The number of benzene rings is 1. The van der Waals surface area contributed by atoms with Crippen LogP contribution in [0.25, 0.3) is 0 Å². The van der Waals surface area contributed by atoms with Crippen molar-refractivity contribution in [2.75, 3.05) is 61.6 Å². The van der Waals surface area contributed by atoms with Crippen LogP contribution in [0.15, 0.2) is 54.9 Å². The first-order valence-corrected chi connectivity index (χ1v) is 14.1. The van der Waals surface area contributed by atoms with Crippen LogP contribution in [0, 0.1) is 0 Å². The third kappa shape index (κ3) is 7.03. The molecule has 1 N–H and O–H groups in total. The van der Waals surface area contributed by atoms with Crippen molar-refractivity contribution in [2.45, 2.75) is 32.9 Å². The summed E-state index contributed by atoms with van der Waals surface area (Å²) < 4.78 is 16.2. The zero-order valence-corrected chi connectivity index (χ0v) is 24.8. The maximum atomic E-state index is 13.3. The Morgan fingerprint density at radius 3 is 2.56 bits per heavy atom. The Hall–Kier alpha value is -4.71. The van der Waals surface area contributed by atoms with Crippen LogP contribution in [0.3, 0.4) is 0 Å². The van der Waals surface area contributed by atoms with Crippen molar-refractivity contribution in [3.8, 4) is 5.75 Å². The van der Waals surface area contributed by atoms with Crippen molar-refractivity contribution < 1.29 is 28.6 Å². The molecular formula is C31H36N6O6. The molecule has 1 fully saturated rings. The first-order chi connectivity index (χ1) is 20.6. The highest BCUT2D eigenvalue weighted by Crippen LogP contribution is 2.31. The van der Waals surface area contributed by atoms with Crippen LogP contribution in [0.5, 0.6) is 5.75 Å². The second-order valence-corrected chi connectivity index (χ2v) is 11.2. The van der Waals surface area contributed by atoms with E-state index in [2.05, 4.69) is 20.2 Å². The predicted octanol–water partition coefficient (Wildman–Crippen LogP) is 3.97. The average Bonchev–Trinajstić information content (AvgIpc) is 3.32. The van der Waals surface area contributed by atoms with Crippen LogP contribution < -0.4 is 19.9 Å². The van der Waals surface area contributed by atoms with E-state index in [0.29, 0.717) is 68.8 Å². The molecule has 0 atom stereocenters. The number of carbonyl (C=O) groups excluding carboxylic acids is 3. The summed E-state index contributed by atoms with van der Waals surface area (Å²) in [5, 5.41) is 2.93. The van der Waals surface area contributed by atoms with Crippen molar-refractivity contribution in [1.29, 1.82) is 0 Å². The van der Waals surface area contributed by atoms with Gasteiger partial charge in [0.15, 0.2) is 0 Å². The third-order valence-corrected chi connectivity index (χ3v) is 7.00. The number of hydrogen-bond donors (Lipinski definition) is 1. The average molecular weight is 589 g/mol. The van der Waals surface area contributed by atoms with E-state index in [1.165, 1.54) is 0 Å². The number of carbonyl (C=O) groups is 3. The number of amides is 3. The standard InChI is InChI=1S/C31H36N6O6/c1-31(2,3)43-30(40)36-14-12-35(13-15-36)26-10-11-32-19-25(26)34-28(38)24-6-5-7-27(33-24)37-20-21-8-9-22(42-17-16-41-4)18-23(21)29(37)39/h5-11,18-19H,12-17,20H2,1-4H3,(H,34,38). The highest BCUT2D eigenvalue weighted by atomic mass is 16.6. The molecule has 2 aliphatic rings. The number of ether oxygens (including phenoxy) is 3. The Bertz CT molecular complexity index is 1500. The molecule has 4 heterocycles. The molecule has 1 saturated heterocycles. The first kappa shape index (κ1) is 29.8. The smallest absolute Gasteiger partial charge is 0.410 e. The van der Waals surface area contributed by atoms with Crippen molar-refractivity contribution in [3.63, 3.8) is 0 Å². The summed E-state index contributed by atoms with van der Waals surface area (Å²) >= 11 is 0. The molecule has 1 aromatic carbocycles. The molecule has 0 spiro atoms. The largest absolute Gasteiger partial charge is 0.491 e. The summed E-state index contributed by atoms with van der Waals surface area (Å²) in [4.78, 5) is 53.1. The number of nitrogens with zero attached hydrogens (tertiary/aromatic N) is 5. The Morgan fingerprint density at radius 1 is 1.02 bits per heavy atom. The zero-order valence-electron chi connectivity index (χ0n) is 24.8. The van der Waals surface area contributed by atoms with Crippen molar-refractivity contribution in [3.05, 3.63) is 71.7 Å². The quantitative estimate of drug-likeness (QED) is 0.389. The minimum atomic E-state index is -0.559. The van der Waals surface area contributed by atoms with Gasteiger partial charge in [0.2, 0.25) is 0 Å². The SMILES string of the molecule is COCCOc1ccc2c(c1)C(=O)N(c1cccc(C(=O)Nc3cnccc3N3CCN(C(=O)OC(C)(C)C)CC3)n1)C2. The molecule has 3 aromatic rings. The van der Waals surface area contributed by atoms with Gasteiger partial charge < -0.3 is 29.3 Å². The number of hydrogen-bond acceptors (Lipinski definition) is 9. The summed E-state index contributed by atoms with van der Waals surface area (Å²) in [7, 11) is 1.60. The van der Waals surface area contributed by atoms with Crippen LogP contribution in [-0.4, -0.2) is 84.9 Å². The van der Waals surface area contributed by atoms with Crippen molar-refractivity contribution in [1.82, 2.24) is 14.9 Å². The topological polar surface area (TPSA) is 126 Å². The molecule has 5 rings (SSSR count). The number of rotatable bonds is 8. The molecule has 2 aromatic heterocycles. The van der Waals surface area contributed by atoms with Gasteiger partial charge in [-0.15, -0.1) is 0 Å². The highest BCUT2D eigenvalue weighted by Gasteiger charge is 2.31. The van der Waals surface area contributed by atoms with Gasteiger partial charge in [0.25, 0.3) is 11.8 Å². The predicted molar refractivity (Wildman–Crippen MR) is 161 cm³/mol. The summed E-state index contributed by atoms with van der Waals surface area (Å²) in [6.45, 7) is 8.81. The van der Waals surface area contributed by atoms with E-state index in [9.17, 15) is 14.4 Å². The summed E-state index contributed by atoms with van der Waals surface area (Å²) in [5.41, 5.74) is 2.31. The molecule has 0 bridgehead atoms. The molecule has 43 heavy (non-hydrogen) atoms. The second-order valence-electron chi connectivity index (χ2n) is 11.2. The van der Waals surface area contributed by atoms with Crippen LogP contribution in [0.4, 0.5) is 22.0 Å². The number of anilines is 3. The highest BCUT2D eigenvalue weighted by molar-refractivity contribution is 6.10. The normalized spacial score (nSPS) is 14.9. The van der Waals surface area contributed by atoms with Gasteiger partial charge in [0, 0.05) is 45.0 Å². The number of pyridine rings is 2. The van der Waals surface area contributed by atoms with E-state index in [0.717, 1.165) is 11.3 Å². The Kier molecular flexibility index (Phi) is 8.76. The van der Waals surface area contributed by atoms with E-state index >= 15 is 0 Å². The lowest BCUT2D eigenvalue weighted by Gasteiger charge is -2.37. The maximum absolute atomic E-state index is 13.3. The first-order valence-electron chi connectivity index (χ1n) is 14.1. The lowest BCUT2D eigenvalue weighted by molar-refractivity contribution is 0.0240. The van der Waals surface area contributed by atoms with Gasteiger partial charge in [-0.2, -0.15) is 0 Å². The summed E-state index contributed by atoms with van der Waals surface area (Å²) in [6, 6.07) is 12.2. The molecule has 2 aliphatic heterocycles. The number of piperazine rings is 1. The fraction of sp³-hybridized carbons (Fsp3) is 0.387. The molecule has 0 aliphatic carbocycles. The van der Waals surface area contributed by atoms with Gasteiger partial charge in [-0.3, -0.25) is 19.5 Å². The molecular weight excluding hydrogens is 552 g/mol. The van der Waals surface area contributed by atoms with Crippen molar-refractivity contribution >= 4 is 35.1 Å². The van der Waals surface area contributed by atoms with Crippen LogP contribution in [-0.2, 0) is 16.0 Å². The van der Waals surface area contributed by atoms with Gasteiger partial charge in [0.05, 0.1) is 30.7 Å². The molecule has 0 unspecified atom stereocenters. The number of fused-ring (bicyclic) bond motifs is 1. The molecule has 226 valence electrons. The monoisotopic (exact) mass is 588 g/mol. The molecule has 12 heteroatoms. The lowest BCUT2D eigenvalue weighted by Crippen LogP contribution is -2.50. The Balaban J connectivity index is 1.25. The van der Waals surface area contributed by atoms with Crippen molar-refractivity contribution in [2.24, 2.45) is 0 Å². The van der Waals surface area contributed by atoms with Crippen LogP contribution >= 0.6 is 0 Å². The van der Waals surface area contributed by atoms with Crippen LogP contribution in [0.2, 0.25) is 0 Å². The van der Waals surface area contributed by atoms with Gasteiger partial charge in [0.1, 0.15) is 29.5 Å². The zero-order chi connectivity index (χ0) is 30.6. The van der Waals surface area contributed by atoms with Gasteiger partial charge >= 0.3 is 6.09 Å². The second kappa shape index (κ2) is 12.7. The van der Waals surface area contributed by atoms with Crippen LogP contribution in [0.1, 0.15) is 47.2 Å². The van der Waals surface area contributed by atoms with E-state index in [-0.39, 0.29) is 17.7 Å². The Morgan fingerprint density at radius 2 is 1.81 bits per heavy atom. The molecule has 12 nitrogen and oxygen atoms in total. The molecule has 3 amide bonds. The van der Waals surface area contributed by atoms with Gasteiger partial charge in [-0.25, -0.2) is 9.78 Å². The number of nitrogens with one attached hydrogen (secondary N) is 1.